The number of carbonyl (C=O) groups is 1. The molecule has 0 bridgehead atoms. The number of anilines is 1. The Morgan fingerprint density at radius 1 is 1.21 bits per heavy atom. The maximum Gasteiger partial charge on any atom is 0.251 e. The summed E-state index contributed by atoms with van der Waals surface area (Å²) in [5.74, 6) is -0.00354. The Balaban J connectivity index is 1.50. The van der Waals surface area contributed by atoms with Gasteiger partial charge in [0.15, 0.2) is 5.65 Å². The number of thioether (sulfide) groups is 1. The van der Waals surface area contributed by atoms with Crippen molar-refractivity contribution in [3.8, 4) is 11.3 Å². The van der Waals surface area contributed by atoms with Gasteiger partial charge in [0.25, 0.3) is 5.91 Å². The van der Waals surface area contributed by atoms with Gasteiger partial charge < -0.3 is 15.7 Å². The lowest BCUT2D eigenvalue weighted by atomic mass is 10.0. The molecule has 2 aliphatic carbocycles. The molecule has 2 fully saturated rings. The molecule has 2 saturated carbocycles. The second-order valence-corrected chi connectivity index (χ2v) is 11.6. The number of aliphatic hydroxyl groups is 1. The molecule has 0 aliphatic heterocycles. The van der Waals surface area contributed by atoms with Crippen LogP contribution in [0, 0.1) is 6.92 Å². The Bertz CT molecular complexity index is 1210. The molecule has 0 atom stereocenters. The van der Waals surface area contributed by atoms with E-state index in [1.165, 1.54) is 25.7 Å². The minimum absolute atomic E-state index is 0.00354. The van der Waals surface area contributed by atoms with Gasteiger partial charge in [0.1, 0.15) is 5.03 Å². The van der Waals surface area contributed by atoms with E-state index in [0.29, 0.717) is 23.4 Å². The molecule has 1 aromatic carbocycles. The van der Waals surface area contributed by atoms with E-state index < -0.39 is 5.60 Å². The van der Waals surface area contributed by atoms with E-state index in [1.807, 2.05) is 47.6 Å². The molecule has 3 aromatic rings. The van der Waals surface area contributed by atoms with Crippen LogP contribution < -0.4 is 10.6 Å². The number of carbonyl (C=O) groups excluding carboxylic acids is 1. The van der Waals surface area contributed by atoms with Gasteiger partial charge in [-0.05, 0) is 70.2 Å². The number of aryl methyl sites for hydroxylation is 1. The average Bonchev–Trinajstić information content (AvgIpc) is 3.26. The maximum absolute atomic E-state index is 12.6. The zero-order chi connectivity index (χ0) is 23.9. The minimum atomic E-state index is -0.845. The maximum atomic E-state index is 12.6. The van der Waals surface area contributed by atoms with Gasteiger partial charge in [-0.3, -0.25) is 4.79 Å². The van der Waals surface area contributed by atoms with Crippen LogP contribution in [0.2, 0.25) is 0 Å². The first-order valence-corrected chi connectivity index (χ1v) is 13.1. The largest absolute Gasteiger partial charge is 0.389 e. The number of fused-ring (bicyclic) bond motifs is 1. The molecule has 8 heteroatoms. The van der Waals surface area contributed by atoms with Crippen molar-refractivity contribution in [1.29, 1.82) is 0 Å². The van der Waals surface area contributed by atoms with Crippen molar-refractivity contribution < 1.29 is 9.90 Å². The number of hydrogen-bond donors (Lipinski definition) is 3. The molecule has 7 nitrogen and oxygen atoms in total. The number of benzene rings is 1. The number of imidazole rings is 1. The van der Waals surface area contributed by atoms with E-state index in [0.717, 1.165) is 46.0 Å². The molecule has 2 aromatic heterocycles. The third-order valence-corrected chi connectivity index (χ3v) is 7.67. The highest BCUT2D eigenvalue weighted by molar-refractivity contribution is 7.99. The molecule has 34 heavy (non-hydrogen) atoms. The third-order valence-electron chi connectivity index (χ3n) is 6.43. The fourth-order valence-corrected chi connectivity index (χ4v) is 5.61. The quantitative estimate of drug-likeness (QED) is 0.429. The molecule has 0 saturated heterocycles. The van der Waals surface area contributed by atoms with Crippen molar-refractivity contribution in [2.45, 2.75) is 81.2 Å². The van der Waals surface area contributed by atoms with E-state index in [-0.39, 0.29) is 5.91 Å². The first-order valence-electron chi connectivity index (χ1n) is 12.2. The van der Waals surface area contributed by atoms with Crippen LogP contribution in [-0.2, 0) is 0 Å². The number of nitrogens with zero attached hydrogens (tertiary/aromatic N) is 3. The van der Waals surface area contributed by atoms with E-state index in [1.54, 1.807) is 13.8 Å². The number of rotatable bonds is 8. The fourth-order valence-electron chi connectivity index (χ4n) is 4.39. The molecule has 2 heterocycles. The van der Waals surface area contributed by atoms with Gasteiger partial charge in [-0.15, -0.1) is 11.8 Å². The topological polar surface area (TPSA) is 91.6 Å². The summed E-state index contributed by atoms with van der Waals surface area (Å²) in [4.78, 5) is 17.2. The predicted octanol–water partition coefficient (Wildman–Crippen LogP) is 4.81. The van der Waals surface area contributed by atoms with E-state index in [9.17, 15) is 9.90 Å². The van der Waals surface area contributed by atoms with Crippen LogP contribution in [-0.4, -0.2) is 49.0 Å². The van der Waals surface area contributed by atoms with Gasteiger partial charge in [-0.2, -0.15) is 5.10 Å². The summed E-state index contributed by atoms with van der Waals surface area (Å²) in [6, 6.07) is 8.29. The minimum Gasteiger partial charge on any atom is -0.389 e. The lowest BCUT2D eigenvalue weighted by Gasteiger charge is -2.19. The number of nitrogens with one attached hydrogen (secondary N) is 2. The lowest BCUT2D eigenvalue weighted by Crippen LogP contribution is -2.29. The normalized spacial score (nSPS) is 16.8. The van der Waals surface area contributed by atoms with E-state index >= 15 is 0 Å². The third kappa shape index (κ3) is 5.23. The molecule has 1 amide bonds. The molecular weight excluding hydrogens is 446 g/mol. The van der Waals surface area contributed by atoms with E-state index in [4.69, 9.17) is 5.10 Å². The predicted molar refractivity (Wildman–Crippen MR) is 137 cm³/mol. The van der Waals surface area contributed by atoms with Crippen molar-refractivity contribution in [2.24, 2.45) is 0 Å². The number of aromatic nitrogens is 3. The molecule has 0 spiro atoms. The average molecular weight is 480 g/mol. The van der Waals surface area contributed by atoms with Gasteiger partial charge in [0.05, 0.1) is 23.2 Å². The Labute approximate surface area is 204 Å². The first-order chi connectivity index (χ1) is 16.3. The monoisotopic (exact) mass is 479 g/mol. The fraction of sp³-hybridized carbons (Fsp3) is 0.500. The smallest absolute Gasteiger partial charge is 0.251 e. The van der Waals surface area contributed by atoms with Gasteiger partial charge >= 0.3 is 0 Å². The van der Waals surface area contributed by atoms with Crippen LogP contribution >= 0.6 is 11.8 Å². The van der Waals surface area contributed by atoms with Crippen LogP contribution in [0.3, 0.4) is 0 Å². The second-order valence-electron chi connectivity index (χ2n) is 10.2. The zero-order valence-electron chi connectivity index (χ0n) is 20.1. The molecule has 0 radical (unpaired) electrons. The van der Waals surface area contributed by atoms with Crippen molar-refractivity contribution in [2.75, 3.05) is 11.9 Å². The first kappa shape index (κ1) is 23.2. The summed E-state index contributed by atoms with van der Waals surface area (Å²) >= 11 is 1.83. The highest BCUT2D eigenvalue weighted by Gasteiger charge is 2.25. The Kier molecular flexibility index (Phi) is 6.29. The van der Waals surface area contributed by atoms with Crippen LogP contribution in [0.4, 0.5) is 5.69 Å². The summed E-state index contributed by atoms with van der Waals surface area (Å²) in [6.07, 6.45) is 8.97. The molecule has 5 rings (SSSR count). The summed E-state index contributed by atoms with van der Waals surface area (Å²) in [5, 5.41) is 23.2. The highest BCUT2D eigenvalue weighted by atomic mass is 32.2. The summed E-state index contributed by atoms with van der Waals surface area (Å²) in [7, 11) is 0. The summed E-state index contributed by atoms with van der Waals surface area (Å²) in [5.41, 5.74) is 4.24. The molecule has 180 valence electrons. The molecule has 3 N–H and O–H groups in total. The van der Waals surface area contributed by atoms with Gasteiger partial charge in [0.2, 0.25) is 0 Å². The van der Waals surface area contributed by atoms with Crippen LogP contribution in [0.15, 0.2) is 35.5 Å². The van der Waals surface area contributed by atoms with E-state index in [2.05, 4.69) is 21.7 Å². The van der Waals surface area contributed by atoms with Crippen LogP contribution in [0.1, 0.15) is 68.3 Å². The standard InChI is InChI=1S/C26H33N5O2S/c1-16-12-17(8-11-20(16)25(32)29-18-9-10-18)22-14-27-24-21(28-15-26(2,3)33)13-23(30-31(22)24)34-19-6-4-5-7-19/h8,11-14,18-19,28,33H,4-7,9-10,15H2,1-3H3,(H,29,32). The Morgan fingerprint density at radius 3 is 2.65 bits per heavy atom. The summed E-state index contributed by atoms with van der Waals surface area (Å²) < 4.78 is 1.89. The Morgan fingerprint density at radius 2 is 1.97 bits per heavy atom. The Hall–Kier alpha value is -2.58. The molecule has 2 aliphatic rings. The molecular formula is C26H33N5O2S. The molecule has 0 unspecified atom stereocenters. The number of hydrogen-bond acceptors (Lipinski definition) is 6. The van der Waals surface area contributed by atoms with Crippen molar-refractivity contribution in [1.82, 2.24) is 19.9 Å². The van der Waals surface area contributed by atoms with Gasteiger partial charge in [-0.1, -0.05) is 18.9 Å². The van der Waals surface area contributed by atoms with Crippen molar-refractivity contribution in [3.05, 3.63) is 41.6 Å². The zero-order valence-corrected chi connectivity index (χ0v) is 20.9. The summed E-state index contributed by atoms with van der Waals surface area (Å²) in [6.45, 7) is 5.95. The lowest BCUT2D eigenvalue weighted by molar-refractivity contribution is 0.0940. The van der Waals surface area contributed by atoms with Crippen molar-refractivity contribution >= 4 is 29.0 Å². The van der Waals surface area contributed by atoms with Crippen LogP contribution in [0.25, 0.3) is 16.9 Å². The van der Waals surface area contributed by atoms with Crippen LogP contribution in [0.5, 0.6) is 0 Å². The second kappa shape index (κ2) is 9.23. The highest BCUT2D eigenvalue weighted by Crippen LogP contribution is 2.36. The SMILES string of the molecule is Cc1cc(-c2cnc3c(NCC(C)(C)O)cc(SC4CCCC4)nn23)ccc1C(=O)NC1CC1. The number of amides is 1. The van der Waals surface area contributed by atoms with Gasteiger partial charge in [0, 0.05) is 29.0 Å². The van der Waals surface area contributed by atoms with Crippen molar-refractivity contribution in [3.63, 3.8) is 0 Å². The van der Waals surface area contributed by atoms with Gasteiger partial charge in [-0.25, -0.2) is 9.50 Å².